The quantitative estimate of drug-likeness (QED) is 0.766. The Kier molecular flexibility index (Phi) is 3.77. The summed E-state index contributed by atoms with van der Waals surface area (Å²) < 4.78 is 26.7. The number of ether oxygens (including phenoxy) is 1. The zero-order valence-electron chi connectivity index (χ0n) is 8.23. The topological polar surface area (TPSA) is 43.4 Å². The van der Waals surface area contributed by atoms with Crippen molar-refractivity contribution in [3.8, 4) is 5.75 Å². The molecule has 0 aromatic heterocycles. The molecule has 1 rings (SSSR count). The van der Waals surface area contributed by atoms with Crippen molar-refractivity contribution in [2.75, 3.05) is 12.9 Å². The van der Waals surface area contributed by atoms with Crippen LogP contribution in [-0.4, -0.2) is 21.3 Å². The standard InChI is InChI=1S/C10H11ClO3S/c1-8(7-15(11,12)13)9-4-3-5-10(6-9)14-2/h3-6H,1,7H2,2H3. The normalized spacial score (nSPS) is 11.1. The van der Waals surface area contributed by atoms with E-state index in [0.29, 0.717) is 16.9 Å². The van der Waals surface area contributed by atoms with Crippen LogP contribution in [0.15, 0.2) is 30.8 Å². The van der Waals surface area contributed by atoms with Gasteiger partial charge in [-0.2, -0.15) is 0 Å². The molecule has 0 N–H and O–H groups in total. The lowest BCUT2D eigenvalue weighted by atomic mass is 10.1. The van der Waals surface area contributed by atoms with Gasteiger partial charge in [-0.25, -0.2) is 8.42 Å². The first kappa shape index (κ1) is 12.1. The predicted octanol–water partition coefficient (Wildman–Crippen LogP) is 2.28. The smallest absolute Gasteiger partial charge is 0.236 e. The number of benzene rings is 1. The second-order valence-electron chi connectivity index (χ2n) is 3.02. The first-order valence-corrected chi connectivity index (χ1v) is 6.65. The molecule has 0 aliphatic carbocycles. The SMILES string of the molecule is C=C(CS(=O)(=O)Cl)c1cccc(OC)c1. The van der Waals surface area contributed by atoms with E-state index in [1.54, 1.807) is 31.4 Å². The van der Waals surface area contributed by atoms with Crippen molar-refractivity contribution in [2.24, 2.45) is 0 Å². The van der Waals surface area contributed by atoms with Gasteiger partial charge in [0, 0.05) is 10.7 Å². The second-order valence-corrected chi connectivity index (χ2v) is 5.80. The minimum Gasteiger partial charge on any atom is -0.497 e. The van der Waals surface area contributed by atoms with Crippen molar-refractivity contribution in [1.29, 1.82) is 0 Å². The third kappa shape index (κ3) is 3.93. The van der Waals surface area contributed by atoms with E-state index in [1.165, 1.54) is 0 Å². The lowest BCUT2D eigenvalue weighted by Gasteiger charge is -2.05. The Hall–Kier alpha value is -1.00. The van der Waals surface area contributed by atoms with Crippen LogP contribution < -0.4 is 4.74 Å². The predicted molar refractivity (Wildman–Crippen MR) is 61.7 cm³/mol. The van der Waals surface area contributed by atoms with Crippen molar-refractivity contribution in [3.63, 3.8) is 0 Å². The van der Waals surface area contributed by atoms with Crippen LogP contribution in [0.3, 0.4) is 0 Å². The summed E-state index contributed by atoms with van der Waals surface area (Å²) in [6.45, 7) is 3.67. The summed E-state index contributed by atoms with van der Waals surface area (Å²) in [4.78, 5) is 0. The molecule has 1 aromatic carbocycles. The zero-order chi connectivity index (χ0) is 11.5. The van der Waals surface area contributed by atoms with Crippen LogP contribution >= 0.6 is 10.7 Å². The Labute approximate surface area is 93.7 Å². The fourth-order valence-corrected chi connectivity index (χ4v) is 2.11. The molecule has 0 aliphatic heterocycles. The minimum atomic E-state index is -3.56. The fraction of sp³-hybridized carbons (Fsp3) is 0.200. The maximum Gasteiger partial charge on any atom is 0.236 e. The summed E-state index contributed by atoms with van der Waals surface area (Å²) in [7, 11) is 3.11. The number of methoxy groups -OCH3 is 1. The molecular weight excluding hydrogens is 236 g/mol. The minimum absolute atomic E-state index is 0.262. The summed E-state index contributed by atoms with van der Waals surface area (Å²) in [6, 6.07) is 7.00. The molecule has 82 valence electrons. The number of hydrogen-bond acceptors (Lipinski definition) is 3. The van der Waals surface area contributed by atoms with E-state index in [-0.39, 0.29) is 5.75 Å². The third-order valence-corrected chi connectivity index (χ3v) is 2.85. The van der Waals surface area contributed by atoms with E-state index < -0.39 is 9.05 Å². The van der Waals surface area contributed by atoms with E-state index in [2.05, 4.69) is 6.58 Å². The van der Waals surface area contributed by atoms with Crippen LogP contribution in [0.2, 0.25) is 0 Å². The van der Waals surface area contributed by atoms with E-state index in [4.69, 9.17) is 15.4 Å². The Morgan fingerprint density at radius 3 is 2.73 bits per heavy atom. The molecule has 3 nitrogen and oxygen atoms in total. The van der Waals surface area contributed by atoms with Crippen LogP contribution in [0.1, 0.15) is 5.56 Å². The molecule has 0 radical (unpaired) electrons. The van der Waals surface area contributed by atoms with Crippen molar-refractivity contribution >= 4 is 25.3 Å². The van der Waals surface area contributed by atoms with Crippen molar-refractivity contribution in [2.45, 2.75) is 0 Å². The Balaban J connectivity index is 2.92. The van der Waals surface area contributed by atoms with Gasteiger partial charge in [0.2, 0.25) is 9.05 Å². The molecule has 0 aliphatic rings. The van der Waals surface area contributed by atoms with Gasteiger partial charge in [-0.3, -0.25) is 0 Å². The molecule has 0 spiro atoms. The third-order valence-electron chi connectivity index (χ3n) is 1.82. The van der Waals surface area contributed by atoms with Gasteiger partial charge in [0.1, 0.15) is 5.75 Å². The number of rotatable bonds is 4. The van der Waals surface area contributed by atoms with Gasteiger partial charge in [0.25, 0.3) is 0 Å². The molecule has 0 saturated heterocycles. The van der Waals surface area contributed by atoms with Gasteiger partial charge >= 0.3 is 0 Å². The summed E-state index contributed by atoms with van der Waals surface area (Å²) in [5.74, 6) is 0.391. The molecule has 0 atom stereocenters. The molecule has 0 heterocycles. The maximum absolute atomic E-state index is 10.8. The van der Waals surface area contributed by atoms with E-state index in [0.717, 1.165) is 0 Å². The van der Waals surface area contributed by atoms with Crippen LogP contribution in [0.4, 0.5) is 0 Å². The molecule has 0 amide bonds. The average Bonchev–Trinajstić information content (AvgIpc) is 2.15. The zero-order valence-corrected chi connectivity index (χ0v) is 9.81. The lowest BCUT2D eigenvalue weighted by Crippen LogP contribution is -1.99. The highest BCUT2D eigenvalue weighted by Crippen LogP contribution is 2.20. The monoisotopic (exact) mass is 246 g/mol. The van der Waals surface area contributed by atoms with E-state index in [1.807, 2.05) is 0 Å². The molecule has 5 heteroatoms. The molecule has 0 saturated carbocycles. The Morgan fingerprint density at radius 1 is 1.53 bits per heavy atom. The highest BCUT2D eigenvalue weighted by atomic mass is 35.7. The average molecular weight is 247 g/mol. The molecule has 0 unspecified atom stereocenters. The van der Waals surface area contributed by atoms with Crippen LogP contribution in [0.25, 0.3) is 5.57 Å². The van der Waals surface area contributed by atoms with Crippen LogP contribution in [0, 0.1) is 0 Å². The number of halogens is 1. The molecule has 15 heavy (non-hydrogen) atoms. The van der Waals surface area contributed by atoms with Gasteiger partial charge in [-0.15, -0.1) is 0 Å². The summed E-state index contributed by atoms with van der Waals surface area (Å²) >= 11 is 0. The van der Waals surface area contributed by atoms with Crippen molar-refractivity contribution < 1.29 is 13.2 Å². The lowest BCUT2D eigenvalue weighted by molar-refractivity contribution is 0.414. The molecule has 1 aromatic rings. The Bertz CT molecular complexity index is 465. The van der Waals surface area contributed by atoms with Gasteiger partial charge in [-0.05, 0) is 23.3 Å². The van der Waals surface area contributed by atoms with Crippen LogP contribution in [0.5, 0.6) is 5.75 Å². The first-order valence-electron chi connectivity index (χ1n) is 4.17. The fourth-order valence-electron chi connectivity index (χ4n) is 1.13. The van der Waals surface area contributed by atoms with Gasteiger partial charge in [0.15, 0.2) is 0 Å². The van der Waals surface area contributed by atoms with E-state index >= 15 is 0 Å². The summed E-state index contributed by atoms with van der Waals surface area (Å²) in [6.07, 6.45) is 0. The van der Waals surface area contributed by atoms with Crippen molar-refractivity contribution in [1.82, 2.24) is 0 Å². The molecular formula is C10H11ClO3S. The van der Waals surface area contributed by atoms with Gasteiger partial charge < -0.3 is 4.74 Å². The van der Waals surface area contributed by atoms with Crippen LogP contribution in [-0.2, 0) is 9.05 Å². The van der Waals surface area contributed by atoms with E-state index in [9.17, 15) is 8.42 Å². The van der Waals surface area contributed by atoms with Gasteiger partial charge in [0.05, 0.1) is 12.9 Å². The maximum atomic E-state index is 10.8. The molecule has 0 bridgehead atoms. The Morgan fingerprint density at radius 2 is 2.20 bits per heavy atom. The second kappa shape index (κ2) is 4.68. The first-order chi connectivity index (χ1) is 6.92. The highest BCUT2D eigenvalue weighted by Gasteiger charge is 2.10. The number of hydrogen-bond donors (Lipinski definition) is 0. The molecule has 0 fully saturated rings. The largest absolute Gasteiger partial charge is 0.497 e. The summed E-state index contributed by atoms with van der Waals surface area (Å²) in [5.41, 5.74) is 1.16. The summed E-state index contributed by atoms with van der Waals surface area (Å²) in [5, 5.41) is 0. The van der Waals surface area contributed by atoms with Gasteiger partial charge in [-0.1, -0.05) is 18.7 Å². The highest BCUT2D eigenvalue weighted by molar-refractivity contribution is 8.14. The van der Waals surface area contributed by atoms with Crippen molar-refractivity contribution in [3.05, 3.63) is 36.4 Å².